The van der Waals surface area contributed by atoms with Gasteiger partial charge in [-0.05, 0) is 51.4 Å². The monoisotopic (exact) mass is 324 g/mol. The summed E-state index contributed by atoms with van der Waals surface area (Å²) >= 11 is 6.15. The van der Waals surface area contributed by atoms with Crippen molar-refractivity contribution >= 4 is 23.3 Å². The number of aromatic nitrogens is 1. The van der Waals surface area contributed by atoms with Gasteiger partial charge < -0.3 is 15.1 Å². The number of aryl methyl sites for hydroxylation is 2. The Morgan fingerprint density at radius 1 is 1.55 bits per heavy atom. The number of amides is 2. The highest BCUT2D eigenvalue weighted by atomic mass is 35.5. The van der Waals surface area contributed by atoms with E-state index in [0.29, 0.717) is 16.8 Å². The van der Waals surface area contributed by atoms with Crippen molar-refractivity contribution in [1.29, 1.82) is 0 Å². The first-order valence-corrected chi connectivity index (χ1v) is 8.16. The molecule has 22 heavy (non-hydrogen) atoms. The molecule has 2 amide bonds. The molecule has 0 radical (unpaired) electrons. The number of rotatable bonds is 4. The Kier molecular flexibility index (Phi) is 5.64. The van der Waals surface area contributed by atoms with E-state index in [0.717, 1.165) is 43.9 Å². The van der Waals surface area contributed by atoms with Gasteiger partial charge in [-0.2, -0.15) is 0 Å². The van der Waals surface area contributed by atoms with E-state index in [-0.39, 0.29) is 6.03 Å². The summed E-state index contributed by atoms with van der Waals surface area (Å²) in [4.78, 5) is 20.8. The second-order valence-electron chi connectivity index (χ2n) is 6.13. The van der Waals surface area contributed by atoms with E-state index in [4.69, 9.17) is 11.6 Å². The second kappa shape index (κ2) is 7.29. The lowest BCUT2D eigenvalue weighted by Gasteiger charge is -2.21. The van der Waals surface area contributed by atoms with E-state index in [9.17, 15) is 4.79 Å². The van der Waals surface area contributed by atoms with Gasteiger partial charge in [-0.1, -0.05) is 18.5 Å². The van der Waals surface area contributed by atoms with E-state index in [1.54, 1.807) is 0 Å². The van der Waals surface area contributed by atoms with Crippen LogP contribution in [0, 0.1) is 19.8 Å². The van der Waals surface area contributed by atoms with E-state index in [1.165, 1.54) is 0 Å². The minimum Gasteiger partial charge on any atom is -0.324 e. The Bertz CT molecular complexity index is 526. The van der Waals surface area contributed by atoms with Crippen LogP contribution in [0.3, 0.4) is 0 Å². The first-order chi connectivity index (χ1) is 10.4. The average molecular weight is 325 g/mol. The van der Waals surface area contributed by atoms with Gasteiger partial charge in [0.2, 0.25) is 0 Å². The minimum absolute atomic E-state index is 0.0858. The molecular formula is C16H25ClN4O. The minimum atomic E-state index is -0.0858. The molecule has 1 unspecified atom stereocenters. The van der Waals surface area contributed by atoms with Crippen LogP contribution in [0.4, 0.5) is 10.5 Å². The first kappa shape index (κ1) is 17.0. The highest BCUT2D eigenvalue weighted by molar-refractivity contribution is 6.32. The molecule has 1 aliphatic heterocycles. The summed E-state index contributed by atoms with van der Waals surface area (Å²) in [5.41, 5.74) is 2.41. The number of anilines is 1. The molecule has 1 fully saturated rings. The van der Waals surface area contributed by atoms with Gasteiger partial charge in [0, 0.05) is 25.3 Å². The number of hydrogen-bond donors (Lipinski definition) is 1. The SMILES string of the molecule is CCN(C)CC1CCN(C(=O)Nc2c(C)cc(C)nc2Cl)C1. The molecular weight excluding hydrogens is 300 g/mol. The summed E-state index contributed by atoms with van der Waals surface area (Å²) in [5, 5.41) is 3.27. The zero-order chi connectivity index (χ0) is 16.3. The summed E-state index contributed by atoms with van der Waals surface area (Å²) in [6.07, 6.45) is 1.05. The van der Waals surface area contributed by atoms with Gasteiger partial charge in [-0.3, -0.25) is 0 Å². The third-order valence-electron chi connectivity index (χ3n) is 4.22. The van der Waals surface area contributed by atoms with Crippen molar-refractivity contribution in [2.24, 2.45) is 5.92 Å². The quantitative estimate of drug-likeness (QED) is 0.865. The lowest BCUT2D eigenvalue weighted by Crippen LogP contribution is -2.34. The van der Waals surface area contributed by atoms with Crippen molar-refractivity contribution in [2.45, 2.75) is 27.2 Å². The lowest BCUT2D eigenvalue weighted by molar-refractivity contribution is 0.218. The van der Waals surface area contributed by atoms with Gasteiger partial charge in [-0.25, -0.2) is 9.78 Å². The molecule has 0 spiro atoms. The molecule has 1 N–H and O–H groups in total. The fourth-order valence-electron chi connectivity index (χ4n) is 2.86. The fourth-order valence-corrected chi connectivity index (χ4v) is 3.19. The number of hydrogen-bond acceptors (Lipinski definition) is 3. The third kappa shape index (κ3) is 4.11. The van der Waals surface area contributed by atoms with Crippen molar-refractivity contribution < 1.29 is 4.79 Å². The molecule has 0 bridgehead atoms. The van der Waals surface area contributed by atoms with Crippen LogP contribution in [0.25, 0.3) is 0 Å². The highest BCUT2D eigenvalue weighted by Gasteiger charge is 2.27. The summed E-state index contributed by atoms with van der Waals surface area (Å²) in [7, 11) is 2.11. The topological polar surface area (TPSA) is 48.5 Å². The predicted octanol–water partition coefficient (Wildman–Crippen LogP) is 3.16. The number of carbonyl (C=O) groups excluding carboxylic acids is 1. The van der Waals surface area contributed by atoms with Crippen LogP contribution in [-0.2, 0) is 0 Å². The van der Waals surface area contributed by atoms with Crippen LogP contribution in [0.5, 0.6) is 0 Å². The maximum atomic E-state index is 12.4. The van der Waals surface area contributed by atoms with Gasteiger partial charge >= 0.3 is 6.03 Å². The molecule has 0 aliphatic carbocycles. The van der Waals surface area contributed by atoms with Crippen molar-refractivity contribution in [3.8, 4) is 0 Å². The zero-order valence-electron chi connectivity index (χ0n) is 13.8. The molecule has 122 valence electrons. The van der Waals surface area contributed by atoms with Crippen molar-refractivity contribution in [3.63, 3.8) is 0 Å². The second-order valence-corrected chi connectivity index (χ2v) is 6.49. The molecule has 1 aromatic heterocycles. The molecule has 5 nitrogen and oxygen atoms in total. The van der Waals surface area contributed by atoms with Gasteiger partial charge in [0.25, 0.3) is 0 Å². The normalized spacial score (nSPS) is 18.1. The Labute approximate surface area is 137 Å². The van der Waals surface area contributed by atoms with E-state index in [1.807, 2.05) is 24.8 Å². The standard InChI is InChI=1S/C16H25ClN4O/c1-5-20(4)9-13-6-7-21(10-13)16(22)19-14-11(2)8-12(3)18-15(14)17/h8,13H,5-7,9-10H2,1-4H3,(H,19,22). The molecule has 1 saturated heterocycles. The Balaban J connectivity index is 1.96. The molecule has 0 aromatic carbocycles. The summed E-state index contributed by atoms with van der Waals surface area (Å²) < 4.78 is 0. The number of pyridine rings is 1. The van der Waals surface area contributed by atoms with Gasteiger partial charge in [0.15, 0.2) is 5.15 Å². The molecule has 2 heterocycles. The van der Waals surface area contributed by atoms with E-state index < -0.39 is 0 Å². The Morgan fingerprint density at radius 2 is 2.27 bits per heavy atom. The fraction of sp³-hybridized carbons (Fsp3) is 0.625. The number of nitrogens with one attached hydrogen (secondary N) is 1. The lowest BCUT2D eigenvalue weighted by atomic mass is 10.1. The molecule has 1 aromatic rings. The molecule has 2 rings (SSSR count). The largest absolute Gasteiger partial charge is 0.324 e. The third-order valence-corrected chi connectivity index (χ3v) is 4.49. The van der Waals surface area contributed by atoms with Crippen LogP contribution < -0.4 is 5.32 Å². The maximum absolute atomic E-state index is 12.4. The summed E-state index contributed by atoms with van der Waals surface area (Å²) in [6.45, 7) is 9.63. The molecule has 6 heteroatoms. The Morgan fingerprint density at radius 3 is 2.91 bits per heavy atom. The van der Waals surface area contributed by atoms with Crippen LogP contribution in [0.2, 0.25) is 5.15 Å². The first-order valence-electron chi connectivity index (χ1n) is 7.79. The smallest absolute Gasteiger partial charge is 0.321 e. The Hall–Kier alpha value is -1.33. The number of halogens is 1. The van der Waals surface area contributed by atoms with Crippen molar-refractivity contribution in [2.75, 3.05) is 38.5 Å². The van der Waals surface area contributed by atoms with Crippen molar-refractivity contribution in [3.05, 3.63) is 22.5 Å². The number of carbonyl (C=O) groups is 1. The van der Waals surface area contributed by atoms with Gasteiger partial charge in [-0.15, -0.1) is 0 Å². The van der Waals surface area contributed by atoms with Crippen LogP contribution in [-0.4, -0.2) is 54.0 Å². The summed E-state index contributed by atoms with van der Waals surface area (Å²) in [6, 6.07) is 1.84. The highest BCUT2D eigenvalue weighted by Crippen LogP contribution is 2.26. The molecule has 0 saturated carbocycles. The van der Waals surface area contributed by atoms with E-state index in [2.05, 4.69) is 29.2 Å². The van der Waals surface area contributed by atoms with Crippen LogP contribution >= 0.6 is 11.6 Å². The number of urea groups is 1. The van der Waals surface area contributed by atoms with Crippen LogP contribution in [0.15, 0.2) is 6.07 Å². The van der Waals surface area contributed by atoms with Crippen molar-refractivity contribution in [1.82, 2.24) is 14.8 Å². The van der Waals surface area contributed by atoms with Crippen LogP contribution in [0.1, 0.15) is 24.6 Å². The molecule has 1 atom stereocenters. The average Bonchev–Trinajstić information content (AvgIpc) is 2.91. The summed E-state index contributed by atoms with van der Waals surface area (Å²) in [5.74, 6) is 0.545. The van der Waals surface area contributed by atoms with Gasteiger partial charge in [0.1, 0.15) is 0 Å². The number of nitrogens with zero attached hydrogens (tertiary/aromatic N) is 3. The zero-order valence-corrected chi connectivity index (χ0v) is 14.6. The predicted molar refractivity (Wildman–Crippen MR) is 90.6 cm³/mol. The maximum Gasteiger partial charge on any atom is 0.321 e. The van der Waals surface area contributed by atoms with E-state index >= 15 is 0 Å². The molecule has 1 aliphatic rings. The van der Waals surface area contributed by atoms with Gasteiger partial charge in [0.05, 0.1) is 5.69 Å². The number of likely N-dealkylation sites (tertiary alicyclic amines) is 1.